The van der Waals surface area contributed by atoms with Crippen molar-refractivity contribution in [3.8, 4) is 0 Å². The van der Waals surface area contributed by atoms with E-state index in [-0.39, 0.29) is 5.91 Å². The normalized spacial score (nSPS) is 10.5. The Balaban J connectivity index is 1.89. The number of rotatable bonds is 2. The van der Waals surface area contributed by atoms with E-state index in [4.69, 9.17) is 5.73 Å². The van der Waals surface area contributed by atoms with Gasteiger partial charge in [-0.15, -0.1) is 0 Å². The van der Waals surface area contributed by atoms with E-state index in [1.165, 1.54) is 0 Å². The molecule has 0 heterocycles. The van der Waals surface area contributed by atoms with Gasteiger partial charge in [0, 0.05) is 16.9 Å². The van der Waals surface area contributed by atoms with Gasteiger partial charge in [0.25, 0.3) is 5.91 Å². The molecule has 0 aliphatic rings. The van der Waals surface area contributed by atoms with Crippen LogP contribution in [0.3, 0.4) is 0 Å². The molecule has 0 spiro atoms. The van der Waals surface area contributed by atoms with Crippen LogP contribution >= 0.6 is 0 Å². The third-order valence-electron chi connectivity index (χ3n) is 3.51. The van der Waals surface area contributed by atoms with E-state index in [9.17, 15) is 4.79 Å². The first-order valence-corrected chi connectivity index (χ1v) is 6.80. The standard InChI is InChI=1S/C18H16N2O/c1-12-10-16(19)8-9-17(12)20-18(21)15-7-6-13-4-2-3-5-14(13)11-15/h2-11H,19H2,1H3,(H,20,21). The minimum atomic E-state index is -0.117. The van der Waals surface area contributed by atoms with Crippen LogP contribution in [0.4, 0.5) is 11.4 Å². The minimum absolute atomic E-state index is 0.117. The highest BCUT2D eigenvalue weighted by Gasteiger charge is 2.08. The van der Waals surface area contributed by atoms with Gasteiger partial charge in [-0.25, -0.2) is 0 Å². The first-order chi connectivity index (χ1) is 10.1. The first-order valence-electron chi connectivity index (χ1n) is 6.80. The molecule has 3 aromatic rings. The van der Waals surface area contributed by atoms with Gasteiger partial charge in [-0.1, -0.05) is 30.3 Å². The summed E-state index contributed by atoms with van der Waals surface area (Å²) in [5.41, 5.74) is 8.78. The number of benzene rings is 3. The van der Waals surface area contributed by atoms with E-state index < -0.39 is 0 Å². The zero-order chi connectivity index (χ0) is 14.8. The maximum Gasteiger partial charge on any atom is 0.255 e. The summed E-state index contributed by atoms with van der Waals surface area (Å²) in [6.45, 7) is 1.92. The fourth-order valence-electron chi connectivity index (χ4n) is 2.35. The summed E-state index contributed by atoms with van der Waals surface area (Å²) in [6.07, 6.45) is 0. The maximum atomic E-state index is 12.4. The largest absolute Gasteiger partial charge is 0.399 e. The van der Waals surface area contributed by atoms with Gasteiger partial charge in [-0.05, 0) is 53.6 Å². The lowest BCUT2D eigenvalue weighted by Gasteiger charge is -2.09. The number of anilines is 2. The highest BCUT2D eigenvalue weighted by atomic mass is 16.1. The number of amides is 1. The third kappa shape index (κ3) is 2.72. The Morgan fingerprint density at radius 3 is 2.48 bits per heavy atom. The molecule has 0 atom stereocenters. The molecule has 0 fully saturated rings. The SMILES string of the molecule is Cc1cc(N)ccc1NC(=O)c1ccc2ccccc2c1. The highest BCUT2D eigenvalue weighted by Crippen LogP contribution is 2.20. The number of carbonyl (C=O) groups is 1. The monoisotopic (exact) mass is 276 g/mol. The average Bonchev–Trinajstić information content (AvgIpc) is 2.49. The Hall–Kier alpha value is -2.81. The Kier molecular flexibility index (Phi) is 3.32. The molecule has 0 aliphatic heterocycles. The van der Waals surface area contributed by atoms with E-state index in [1.54, 1.807) is 6.07 Å². The molecule has 0 aliphatic carbocycles. The Bertz CT molecular complexity index is 824. The molecule has 3 heteroatoms. The van der Waals surface area contributed by atoms with Crippen LogP contribution in [0, 0.1) is 6.92 Å². The van der Waals surface area contributed by atoms with Crippen molar-refractivity contribution in [2.75, 3.05) is 11.1 Å². The second-order valence-corrected chi connectivity index (χ2v) is 5.09. The number of nitrogen functional groups attached to an aromatic ring is 1. The molecule has 3 rings (SSSR count). The van der Waals surface area contributed by atoms with Crippen molar-refractivity contribution in [2.45, 2.75) is 6.92 Å². The molecule has 104 valence electrons. The minimum Gasteiger partial charge on any atom is -0.399 e. The molecule has 3 nitrogen and oxygen atoms in total. The molecule has 0 aromatic heterocycles. The van der Waals surface area contributed by atoms with Crippen molar-refractivity contribution in [3.63, 3.8) is 0 Å². The maximum absolute atomic E-state index is 12.4. The Morgan fingerprint density at radius 1 is 0.952 bits per heavy atom. The summed E-state index contributed by atoms with van der Waals surface area (Å²) in [6, 6.07) is 19.1. The zero-order valence-corrected chi connectivity index (χ0v) is 11.8. The van der Waals surface area contributed by atoms with E-state index in [0.29, 0.717) is 11.3 Å². The summed E-state index contributed by atoms with van der Waals surface area (Å²) in [5.74, 6) is -0.117. The molecule has 1 amide bonds. The van der Waals surface area contributed by atoms with Crippen LogP contribution in [0.25, 0.3) is 10.8 Å². The molecule has 3 aromatic carbocycles. The van der Waals surface area contributed by atoms with Gasteiger partial charge in [0.2, 0.25) is 0 Å². The van der Waals surface area contributed by atoms with Crippen LogP contribution in [-0.2, 0) is 0 Å². The number of aryl methyl sites for hydroxylation is 1. The fraction of sp³-hybridized carbons (Fsp3) is 0.0556. The van der Waals surface area contributed by atoms with Crippen LogP contribution in [0.15, 0.2) is 60.7 Å². The van der Waals surface area contributed by atoms with Crippen molar-refractivity contribution >= 4 is 28.1 Å². The molecule has 0 saturated heterocycles. The van der Waals surface area contributed by atoms with Crippen molar-refractivity contribution < 1.29 is 4.79 Å². The fourth-order valence-corrected chi connectivity index (χ4v) is 2.35. The summed E-state index contributed by atoms with van der Waals surface area (Å²) < 4.78 is 0. The molecule has 21 heavy (non-hydrogen) atoms. The van der Waals surface area contributed by atoms with Gasteiger partial charge in [-0.2, -0.15) is 0 Å². The third-order valence-corrected chi connectivity index (χ3v) is 3.51. The van der Waals surface area contributed by atoms with E-state index in [2.05, 4.69) is 5.32 Å². The molecular formula is C18H16N2O. The average molecular weight is 276 g/mol. The molecule has 0 bridgehead atoms. The summed E-state index contributed by atoms with van der Waals surface area (Å²) in [5, 5.41) is 5.10. The lowest BCUT2D eigenvalue weighted by atomic mass is 10.1. The predicted octanol–water partition coefficient (Wildman–Crippen LogP) is 3.98. The van der Waals surface area contributed by atoms with Gasteiger partial charge >= 0.3 is 0 Å². The van der Waals surface area contributed by atoms with Crippen LogP contribution in [0.1, 0.15) is 15.9 Å². The van der Waals surface area contributed by atoms with E-state index in [1.807, 2.05) is 61.5 Å². The number of fused-ring (bicyclic) bond motifs is 1. The van der Waals surface area contributed by atoms with Crippen LogP contribution in [0.5, 0.6) is 0 Å². The van der Waals surface area contributed by atoms with Crippen LogP contribution in [-0.4, -0.2) is 5.91 Å². The van der Waals surface area contributed by atoms with Crippen molar-refractivity contribution in [1.29, 1.82) is 0 Å². The number of nitrogens with one attached hydrogen (secondary N) is 1. The molecule has 0 saturated carbocycles. The second kappa shape index (κ2) is 5.29. The van der Waals surface area contributed by atoms with Gasteiger partial charge in [-0.3, -0.25) is 4.79 Å². The van der Waals surface area contributed by atoms with Crippen LogP contribution < -0.4 is 11.1 Å². The first kappa shape index (κ1) is 13.2. The van der Waals surface area contributed by atoms with Crippen LogP contribution in [0.2, 0.25) is 0 Å². The number of nitrogens with two attached hydrogens (primary N) is 1. The summed E-state index contributed by atoms with van der Waals surface area (Å²) in [4.78, 5) is 12.4. The lowest BCUT2D eigenvalue weighted by Crippen LogP contribution is -2.12. The van der Waals surface area contributed by atoms with Crippen molar-refractivity contribution in [1.82, 2.24) is 0 Å². The van der Waals surface area contributed by atoms with E-state index in [0.717, 1.165) is 22.0 Å². The topological polar surface area (TPSA) is 55.1 Å². The number of carbonyl (C=O) groups excluding carboxylic acids is 1. The predicted molar refractivity (Wildman–Crippen MR) is 87.5 cm³/mol. The van der Waals surface area contributed by atoms with Crippen molar-refractivity contribution in [2.24, 2.45) is 0 Å². The van der Waals surface area contributed by atoms with E-state index >= 15 is 0 Å². The lowest BCUT2D eigenvalue weighted by molar-refractivity contribution is 0.102. The Morgan fingerprint density at radius 2 is 1.71 bits per heavy atom. The smallest absolute Gasteiger partial charge is 0.255 e. The van der Waals surface area contributed by atoms with Gasteiger partial charge in [0.05, 0.1) is 0 Å². The molecule has 0 radical (unpaired) electrons. The summed E-state index contributed by atoms with van der Waals surface area (Å²) >= 11 is 0. The number of hydrogen-bond acceptors (Lipinski definition) is 2. The molecule has 0 unspecified atom stereocenters. The van der Waals surface area contributed by atoms with Gasteiger partial charge in [0.15, 0.2) is 0 Å². The van der Waals surface area contributed by atoms with Gasteiger partial charge < -0.3 is 11.1 Å². The van der Waals surface area contributed by atoms with Crippen molar-refractivity contribution in [3.05, 3.63) is 71.8 Å². The van der Waals surface area contributed by atoms with Gasteiger partial charge in [0.1, 0.15) is 0 Å². The second-order valence-electron chi connectivity index (χ2n) is 5.09. The zero-order valence-electron chi connectivity index (χ0n) is 11.8. The highest BCUT2D eigenvalue weighted by molar-refractivity contribution is 6.06. The molecular weight excluding hydrogens is 260 g/mol. The molecule has 3 N–H and O–H groups in total. The Labute approximate surface area is 123 Å². The quantitative estimate of drug-likeness (QED) is 0.695. The summed E-state index contributed by atoms with van der Waals surface area (Å²) in [7, 11) is 0. The number of hydrogen-bond donors (Lipinski definition) is 2.